The van der Waals surface area contributed by atoms with Gasteiger partial charge in [0.05, 0.1) is 0 Å². The molecular weight excluding hydrogens is 214 g/mol. The number of rotatable bonds is 7. The molecule has 94 valence electrons. The first-order valence-electron chi connectivity index (χ1n) is 6.06. The molecule has 0 amide bonds. The van der Waals surface area contributed by atoms with Crippen molar-refractivity contribution in [2.45, 2.75) is 26.4 Å². The molecule has 1 aromatic rings. The first kappa shape index (κ1) is 13.7. The molecule has 0 spiro atoms. The lowest BCUT2D eigenvalue weighted by Gasteiger charge is -2.10. The summed E-state index contributed by atoms with van der Waals surface area (Å²) in [5, 5.41) is 3.08. The lowest BCUT2D eigenvalue weighted by molar-refractivity contribution is -0.146. The molecule has 3 nitrogen and oxygen atoms in total. The maximum Gasteiger partial charge on any atom is 0.306 e. The van der Waals surface area contributed by atoms with Gasteiger partial charge in [0.15, 0.2) is 0 Å². The van der Waals surface area contributed by atoms with Crippen molar-refractivity contribution in [3.05, 3.63) is 35.9 Å². The zero-order valence-corrected chi connectivity index (χ0v) is 10.6. The lowest BCUT2D eigenvalue weighted by Crippen LogP contribution is -2.15. The van der Waals surface area contributed by atoms with Crippen LogP contribution in [-0.4, -0.2) is 19.6 Å². The van der Waals surface area contributed by atoms with Gasteiger partial charge in [-0.25, -0.2) is 0 Å². The Hall–Kier alpha value is -1.35. The van der Waals surface area contributed by atoms with Gasteiger partial charge in [-0.15, -0.1) is 0 Å². The number of carbonyl (C=O) groups is 1. The molecule has 0 saturated carbocycles. The van der Waals surface area contributed by atoms with E-state index in [1.54, 1.807) is 0 Å². The smallest absolute Gasteiger partial charge is 0.306 e. The zero-order valence-electron chi connectivity index (χ0n) is 10.6. The van der Waals surface area contributed by atoms with Gasteiger partial charge in [-0.3, -0.25) is 4.79 Å². The van der Waals surface area contributed by atoms with E-state index < -0.39 is 0 Å². The Balaban J connectivity index is 2.21. The largest absolute Gasteiger partial charge is 0.461 e. The minimum absolute atomic E-state index is 0.113. The normalized spacial score (nSPS) is 12.1. The zero-order chi connectivity index (χ0) is 12.5. The van der Waals surface area contributed by atoms with E-state index in [9.17, 15) is 4.79 Å². The Kier molecular flexibility index (Phi) is 6.33. The van der Waals surface area contributed by atoms with E-state index >= 15 is 0 Å². The molecule has 1 rings (SSSR count). The minimum Gasteiger partial charge on any atom is -0.461 e. The highest BCUT2D eigenvalue weighted by atomic mass is 16.5. The highest BCUT2D eigenvalue weighted by Gasteiger charge is 2.09. The summed E-state index contributed by atoms with van der Waals surface area (Å²) in [6, 6.07) is 9.75. The standard InChI is InChI=1S/C14H21NO2/c1-12(8-9-15-2)10-14(16)17-11-13-6-4-3-5-7-13/h3-7,12,15H,8-11H2,1-2H3. The second kappa shape index (κ2) is 7.85. The molecule has 0 bridgehead atoms. The van der Waals surface area contributed by atoms with Crippen LogP contribution in [-0.2, 0) is 16.1 Å². The third-order valence-corrected chi connectivity index (χ3v) is 2.64. The summed E-state index contributed by atoms with van der Waals surface area (Å²) in [6.07, 6.45) is 1.49. The van der Waals surface area contributed by atoms with E-state index in [0.717, 1.165) is 18.5 Å². The monoisotopic (exact) mass is 235 g/mol. The van der Waals surface area contributed by atoms with Crippen molar-refractivity contribution in [3.63, 3.8) is 0 Å². The Morgan fingerprint density at radius 3 is 2.71 bits per heavy atom. The van der Waals surface area contributed by atoms with Crippen LogP contribution in [0.1, 0.15) is 25.3 Å². The summed E-state index contributed by atoms with van der Waals surface area (Å²) in [6.45, 7) is 3.38. The van der Waals surface area contributed by atoms with Gasteiger partial charge in [-0.2, -0.15) is 0 Å². The molecule has 1 atom stereocenters. The first-order chi connectivity index (χ1) is 8.22. The summed E-state index contributed by atoms with van der Waals surface area (Å²) < 4.78 is 5.22. The van der Waals surface area contributed by atoms with Gasteiger partial charge >= 0.3 is 5.97 Å². The Bertz CT molecular complexity index is 324. The van der Waals surface area contributed by atoms with Crippen LogP contribution in [0.4, 0.5) is 0 Å². The van der Waals surface area contributed by atoms with Gasteiger partial charge < -0.3 is 10.1 Å². The number of esters is 1. The number of ether oxygens (including phenoxy) is 1. The van der Waals surface area contributed by atoms with Crippen LogP contribution >= 0.6 is 0 Å². The van der Waals surface area contributed by atoms with Crippen LogP contribution in [0, 0.1) is 5.92 Å². The van der Waals surface area contributed by atoms with Crippen LogP contribution < -0.4 is 5.32 Å². The fraction of sp³-hybridized carbons (Fsp3) is 0.500. The minimum atomic E-state index is -0.113. The Morgan fingerprint density at radius 1 is 1.35 bits per heavy atom. The van der Waals surface area contributed by atoms with E-state index in [1.165, 1.54) is 0 Å². The maximum absolute atomic E-state index is 11.5. The molecule has 1 unspecified atom stereocenters. The number of hydrogen-bond donors (Lipinski definition) is 1. The molecule has 0 aliphatic heterocycles. The van der Waals surface area contributed by atoms with E-state index in [2.05, 4.69) is 12.2 Å². The summed E-state index contributed by atoms with van der Waals surface area (Å²) in [7, 11) is 1.92. The van der Waals surface area contributed by atoms with E-state index in [0.29, 0.717) is 18.9 Å². The van der Waals surface area contributed by atoms with E-state index in [4.69, 9.17) is 4.74 Å². The average molecular weight is 235 g/mol. The molecule has 17 heavy (non-hydrogen) atoms. The van der Waals surface area contributed by atoms with Crippen molar-refractivity contribution in [1.29, 1.82) is 0 Å². The van der Waals surface area contributed by atoms with Crippen molar-refractivity contribution in [2.75, 3.05) is 13.6 Å². The predicted octanol–water partition coefficient (Wildman–Crippen LogP) is 2.37. The third-order valence-electron chi connectivity index (χ3n) is 2.64. The number of benzene rings is 1. The van der Waals surface area contributed by atoms with E-state index in [-0.39, 0.29) is 5.97 Å². The number of carbonyl (C=O) groups excluding carboxylic acids is 1. The summed E-state index contributed by atoms with van der Waals surface area (Å²) >= 11 is 0. The summed E-state index contributed by atoms with van der Waals surface area (Å²) in [4.78, 5) is 11.5. The van der Waals surface area contributed by atoms with Crippen molar-refractivity contribution in [1.82, 2.24) is 5.32 Å². The van der Waals surface area contributed by atoms with Gasteiger partial charge in [-0.05, 0) is 31.5 Å². The second-order valence-corrected chi connectivity index (χ2v) is 4.35. The van der Waals surface area contributed by atoms with Crippen LogP contribution in [0.5, 0.6) is 0 Å². The molecule has 0 saturated heterocycles. The third kappa shape index (κ3) is 6.07. The van der Waals surface area contributed by atoms with Gasteiger partial charge in [0.1, 0.15) is 6.61 Å². The topological polar surface area (TPSA) is 38.3 Å². The SMILES string of the molecule is CNCCC(C)CC(=O)OCc1ccccc1. The van der Waals surface area contributed by atoms with Gasteiger partial charge in [0.2, 0.25) is 0 Å². The number of hydrogen-bond acceptors (Lipinski definition) is 3. The van der Waals surface area contributed by atoms with Crippen molar-refractivity contribution in [2.24, 2.45) is 5.92 Å². The molecule has 3 heteroatoms. The molecule has 0 aromatic heterocycles. The average Bonchev–Trinajstić information content (AvgIpc) is 2.35. The summed E-state index contributed by atoms with van der Waals surface area (Å²) in [5.41, 5.74) is 1.03. The van der Waals surface area contributed by atoms with Crippen LogP contribution in [0.2, 0.25) is 0 Å². The highest BCUT2D eigenvalue weighted by Crippen LogP contribution is 2.09. The fourth-order valence-corrected chi connectivity index (χ4v) is 1.57. The second-order valence-electron chi connectivity index (χ2n) is 4.35. The molecule has 1 N–H and O–H groups in total. The van der Waals surface area contributed by atoms with Crippen LogP contribution in [0.15, 0.2) is 30.3 Å². The van der Waals surface area contributed by atoms with Crippen LogP contribution in [0.3, 0.4) is 0 Å². The first-order valence-corrected chi connectivity index (χ1v) is 6.06. The molecule has 0 aliphatic carbocycles. The summed E-state index contributed by atoms with van der Waals surface area (Å²) in [5.74, 6) is 0.253. The Morgan fingerprint density at radius 2 is 2.06 bits per heavy atom. The molecule has 0 aliphatic rings. The van der Waals surface area contributed by atoms with Gasteiger partial charge in [0.25, 0.3) is 0 Å². The van der Waals surface area contributed by atoms with Crippen LogP contribution in [0.25, 0.3) is 0 Å². The van der Waals surface area contributed by atoms with Crippen molar-refractivity contribution >= 4 is 5.97 Å². The quantitative estimate of drug-likeness (QED) is 0.737. The molecule has 0 heterocycles. The highest BCUT2D eigenvalue weighted by molar-refractivity contribution is 5.69. The van der Waals surface area contributed by atoms with Gasteiger partial charge in [-0.1, -0.05) is 37.3 Å². The van der Waals surface area contributed by atoms with Gasteiger partial charge in [0, 0.05) is 6.42 Å². The molecule has 0 radical (unpaired) electrons. The molecule has 0 fully saturated rings. The Labute approximate surface area is 103 Å². The fourth-order valence-electron chi connectivity index (χ4n) is 1.57. The van der Waals surface area contributed by atoms with E-state index in [1.807, 2.05) is 37.4 Å². The molecule has 1 aromatic carbocycles. The number of nitrogens with one attached hydrogen (secondary N) is 1. The predicted molar refractivity (Wildman–Crippen MR) is 68.6 cm³/mol. The van der Waals surface area contributed by atoms with Crippen molar-refractivity contribution in [3.8, 4) is 0 Å². The lowest BCUT2D eigenvalue weighted by atomic mass is 10.0. The van der Waals surface area contributed by atoms with Crippen molar-refractivity contribution < 1.29 is 9.53 Å². The maximum atomic E-state index is 11.5. The molecular formula is C14H21NO2.